The third-order valence-electron chi connectivity index (χ3n) is 20.2. The Morgan fingerprint density at radius 2 is 1.16 bits per heavy atom. The fourth-order valence-corrected chi connectivity index (χ4v) is 13.8. The van der Waals surface area contributed by atoms with Gasteiger partial charge in [0.2, 0.25) is 76.8 Å². The topological polar surface area (TPSA) is 503 Å². The molecule has 2 aromatic rings. The van der Waals surface area contributed by atoms with Crippen molar-refractivity contribution in [3.05, 3.63) is 84.1 Å². The van der Waals surface area contributed by atoms with Gasteiger partial charge in [0.25, 0.3) is 5.91 Å². The summed E-state index contributed by atoms with van der Waals surface area (Å²) in [5.41, 5.74) is 0.319. The predicted octanol–water partition coefficient (Wildman–Crippen LogP) is -1.60. The molecule has 5 rings (SSSR count). The van der Waals surface area contributed by atoms with E-state index in [4.69, 9.17) is 9.47 Å². The van der Waals surface area contributed by atoms with Gasteiger partial charge >= 0.3 is 11.9 Å². The zero-order chi connectivity index (χ0) is 84.1. The number of nitrogens with one attached hydrogen (secondary N) is 12. The molecule has 0 saturated carbocycles. The molecule has 3 fully saturated rings. The maximum absolute atomic E-state index is 15.6. The van der Waals surface area contributed by atoms with E-state index in [-0.39, 0.29) is 63.3 Å². The summed E-state index contributed by atoms with van der Waals surface area (Å²) < 4.78 is 11.1. The molecule has 36 heteroatoms. The van der Waals surface area contributed by atoms with Crippen molar-refractivity contribution in [2.75, 3.05) is 45.4 Å². The Hall–Kier alpha value is -10.1. The van der Waals surface area contributed by atoms with Crippen LogP contribution in [-0.4, -0.2) is 256 Å². The maximum atomic E-state index is 15.6. The molecule has 0 radical (unpaired) electrons. The molecule has 2 bridgehead atoms. The molecule has 14 amide bonds. The van der Waals surface area contributed by atoms with Gasteiger partial charge < -0.3 is 98.4 Å². The number of rotatable bonds is 21. The molecule has 15 N–H and O–H groups in total. The molecule has 3 aliphatic rings. The van der Waals surface area contributed by atoms with Gasteiger partial charge in [-0.3, -0.25) is 71.9 Å². The molecule has 18 atom stereocenters. The van der Waals surface area contributed by atoms with E-state index in [1.165, 1.54) is 14.0 Å². The summed E-state index contributed by atoms with van der Waals surface area (Å²) in [6.45, 7) is 17.7. The predicted molar refractivity (Wildman–Crippen MR) is 413 cm³/mol. The largest absolute Gasteiger partial charge is 0.481 e. The monoisotopic (exact) mass is 1600 g/mol. The minimum atomic E-state index is -2.10. The maximum Gasteiger partial charge on any atom is 0.331 e. The Balaban J connectivity index is 1.82. The van der Waals surface area contributed by atoms with Crippen LogP contribution in [0.1, 0.15) is 138 Å². The molecular weight excluding hydrogens is 1490 g/mol. The number of nitrogens with zero attached hydrogens (tertiary/aromatic N) is 2. The normalized spacial score (nSPS) is 27.3. The number of esters is 1. The van der Waals surface area contributed by atoms with Crippen LogP contribution in [0.15, 0.2) is 72.9 Å². The van der Waals surface area contributed by atoms with Gasteiger partial charge in [0.1, 0.15) is 84.7 Å². The number of ether oxygens (including phenoxy) is 2. The second kappa shape index (κ2) is 45.6. The van der Waals surface area contributed by atoms with E-state index in [1.807, 2.05) is 6.92 Å². The number of aliphatic hydroxyl groups excluding tert-OH is 2. The summed E-state index contributed by atoms with van der Waals surface area (Å²) in [4.78, 5) is 236. The number of amides is 14. The second-order valence-corrected chi connectivity index (χ2v) is 30.6. The molecule has 0 aromatic heterocycles. The van der Waals surface area contributed by atoms with Gasteiger partial charge in [0.05, 0.1) is 25.3 Å². The number of carboxylic acid groups (broad SMARTS) is 1. The first-order chi connectivity index (χ1) is 53.5. The van der Waals surface area contributed by atoms with Crippen molar-refractivity contribution in [2.24, 2.45) is 23.7 Å². The third kappa shape index (κ3) is 28.2. The van der Waals surface area contributed by atoms with E-state index in [1.54, 1.807) is 109 Å². The van der Waals surface area contributed by atoms with Crippen molar-refractivity contribution in [1.82, 2.24) is 73.6 Å². The number of carbonyl (C=O) groups excluding carboxylic acids is 15. The van der Waals surface area contributed by atoms with Gasteiger partial charge in [0, 0.05) is 51.5 Å². The number of likely N-dealkylation sites (N-methyl/N-ethyl adjacent to an activating group) is 1. The lowest BCUT2D eigenvalue weighted by molar-refractivity contribution is -0.158. The average molecular weight is 1600 g/mol. The molecular formula is C77H114N14O21S. The van der Waals surface area contributed by atoms with E-state index in [9.17, 15) is 68.1 Å². The number of cyclic esters (lactones) is 1. The van der Waals surface area contributed by atoms with Crippen LogP contribution in [0.4, 0.5) is 0 Å². The Kier molecular flexibility index (Phi) is 37.7. The summed E-state index contributed by atoms with van der Waals surface area (Å²) in [7, 11) is 2.28. The fraction of sp³-hybridized carbons (Fsp3) is 0.610. The van der Waals surface area contributed by atoms with Crippen molar-refractivity contribution in [2.45, 2.75) is 231 Å². The SMILES string of the molecule is C=C1NC(=O)[C@@H]([C@@H](C)CC)NC(=O)[C@@H]2CSC[C@H](NC(=O)CCC(=O)O)C(=O)N[C@H](Cc3ccccc3)C(=O)N[C@H](C)C(=O)N[C@H](C[C@@H](C)CC)C(=O)N[C@H](C(=O)N[C@@H](Cc3ccccc3)C(=O)N3CCC[C@@H]3C(=O)N2)[C@H](C)OC(=O)[C@H](CO)NC(=O)[C@@H]([C@@H](O)COC)N(C)C(=O)[C@H](C(C)C)NC(=O)[C@@H](C[C@H](C)CC)NC1=O. The van der Waals surface area contributed by atoms with Crippen molar-refractivity contribution in [1.29, 1.82) is 0 Å². The zero-order valence-corrected chi connectivity index (χ0v) is 67.1. The highest BCUT2D eigenvalue weighted by atomic mass is 32.2. The minimum Gasteiger partial charge on any atom is -0.481 e. The van der Waals surface area contributed by atoms with Crippen LogP contribution >= 0.6 is 11.8 Å². The van der Waals surface area contributed by atoms with E-state index >= 15 is 24.0 Å². The quantitative estimate of drug-likeness (QED) is 0.0494. The van der Waals surface area contributed by atoms with E-state index in [0.29, 0.717) is 24.0 Å². The van der Waals surface area contributed by atoms with Crippen molar-refractivity contribution >= 4 is 106 Å². The minimum absolute atomic E-state index is 0.0531. The highest BCUT2D eigenvalue weighted by Gasteiger charge is 2.45. The van der Waals surface area contributed by atoms with Crippen LogP contribution in [0.2, 0.25) is 0 Å². The Bertz CT molecular complexity index is 3690. The standard InChI is InChI=1S/C77H114N14O21S/c1-14-41(6)32-49-67(100)87-60(40(4)5)76(109)90(12)63(57(93)37-111-13)74(107)85-53(36-92)77(110)112-46(11)62-73(106)84-52(35-48-26-21-18-22-27-48)75(108)91-31-23-28-56(91)71(104)86-55(70(103)88-61(43(8)16-3)72(105)79-45(10)65(98)81-49)39-113-38-54(80-58(94)29-30-59(95)96)69(102)83-51(34-47-24-19-17-20-25-47)66(99)78-44(9)64(97)82-50(68(101)89-62)33-42(7)15-2/h17-22,24-27,40-44,46,49-57,60-63,92-93H,10,14-16,23,28-39H2,1-9,11-13H3,(H,78,99)(H,79,105)(H,80,94)(H,81,98)(H,82,97)(H,83,102)(H,84,106)(H,85,107)(H,86,104)(H,87,100)(H,88,103)(H,89,101)(H,95,96)/t41-,42+,43+,44-,46+,49-,50-,51-,52+,53+,54+,55+,56-,57+,60+,61-,62+,63-/m1/s1. The van der Waals surface area contributed by atoms with Crippen LogP contribution in [0.5, 0.6) is 0 Å². The number of hydrogen-bond acceptors (Lipinski definition) is 21. The zero-order valence-electron chi connectivity index (χ0n) is 66.3. The molecule has 113 heavy (non-hydrogen) atoms. The lowest BCUT2D eigenvalue weighted by Crippen LogP contribution is -2.63. The number of hydrogen-bond donors (Lipinski definition) is 15. The number of aliphatic carboxylic acids is 1. The first-order valence-electron chi connectivity index (χ1n) is 38.2. The molecule has 3 heterocycles. The van der Waals surface area contributed by atoms with Crippen molar-refractivity contribution in [3.8, 4) is 0 Å². The molecule has 3 aliphatic heterocycles. The van der Waals surface area contributed by atoms with Crippen LogP contribution in [-0.2, 0) is 99.0 Å². The number of aliphatic hydroxyl groups is 2. The number of thioether (sulfide) groups is 1. The molecule has 0 unspecified atom stereocenters. The summed E-state index contributed by atoms with van der Waals surface area (Å²) in [5.74, 6) is -20.4. The lowest BCUT2D eigenvalue weighted by Gasteiger charge is -2.35. The van der Waals surface area contributed by atoms with Crippen LogP contribution in [0, 0.1) is 23.7 Å². The summed E-state index contributed by atoms with van der Waals surface area (Å²) in [5, 5.41) is 63.1. The smallest absolute Gasteiger partial charge is 0.331 e. The number of fused-ring (bicyclic) bond motifs is 6. The van der Waals surface area contributed by atoms with Crippen molar-refractivity contribution < 1.29 is 102 Å². The van der Waals surface area contributed by atoms with E-state index in [2.05, 4.69) is 70.4 Å². The van der Waals surface area contributed by atoms with E-state index < -0.39 is 240 Å². The van der Waals surface area contributed by atoms with Gasteiger partial charge in [-0.25, -0.2) is 4.79 Å². The Morgan fingerprint density at radius 3 is 1.73 bits per heavy atom. The molecule has 2 aromatic carbocycles. The first-order valence-corrected chi connectivity index (χ1v) is 39.4. The number of carbonyl (C=O) groups is 16. The van der Waals surface area contributed by atoms with Crippen molar-refractivity contribution in [3.63, 3.8) is 0 Å². The summed E-state index contributed by atoms with van der Waals surface area (Å²) in [6, 6.07) is -5.36. The summed E-state index contributed by atoms with van der Waals surface area (Å²) in [6.07, 6.45) is -4.63. The van der Waals surface area contributed by atoms with Crippen LogP contribution < -0.4 is 63.8 Å². The highest BCUT2D eigenvalue weighted by molar-refractivity contribution is 7.99. The average Bonchev–Trinajstić information content (AvgIpc) is 1.76. The number of methoxy groups -OCH3 is 1. The molecule has 0 aliphatic carbocycles. The first kappa shape index (κ1) is 93.5. The van der Waals surface area contributed by atoms with Gasteiger partial charge in [-0.1, -0.05) is 142 Å². The molecule has 0 spiro atoms. The number of carboxylic acids is 1. The Labute approximate surface area is 662 Å². The van der Waals surface area contributed by atoms with Gasteiger partial charge in [-0.2, -0.15) is 11.8 Å². The molecule has 624 valence electrons. The van der Waals surface area contributed by atoms with Gasteiger partial charge in [0.15, 0.2) is 6.04 Å². The molecule has 3 saturated heterocycles. The van der Waals surface area contributed by atoms with E-state index in [0.717, 1.165) is 35.5 Å². The highest BCUT2D eigenvalue weighted by Crippen LogP contribution is 2.24. The van der Waals surface area contributed by atoms with Crippen LogP contribution in [0.25, 0.3) is 0 Å². The fourth-order valence-electron chi connectivity index (χ4n) is 12.7. The third-order valence-corrected chi connectivity index (χ3v) is 21.3. The van der Waals surface area contributed by atoms with Gasteiger partial charge in [-0.05, 0) is 74.3 Å². The van der Waals surface area contributed by atoms with Crippen LogP contribution in [0.3, 0.4) is 0 Å². The Morgan fingerprint density at radius 1 is 0.611 bits per heavy atom. The summed E-state index contributed by atoms with van der Waals surface area (Å²) >= 11 is 0.792. The number of benzene rings is 2. The second-order valence-electron chi connectivity index (χ2n) is 29.5. The lowest BCUT2D eigenvalue weighted by atomic mass is 9.96. The molecule has 35 nitrogen and oxygen atoms in total. The van der Waals surface area contributed by atoms with Gasteiger partial charge in [-0.15, -0.1) is 0 Å².